The molecule has 0 fully saturated rings. The highest BCUT2D eigenvalue weighted by molar-refractivity contribution is 5.94. The van der Waals surface area contributed by atoms with Gasteiger partial charge in [-0.1, -0.05) is 12.1 Å². The molecule has 0 atom stereocenters. The third-order valence-corrected chi connectivity index (χ3v) is 3.55. The van der Waals surface area contributed by atoms with Crippen LogP contribution in [0.1, 0.15) is 36.2 Å². The highest BCUT2D eigenvalue weighted by atomic mass is 16.5. The third kappa shape index (κ3) is 5.61. The van der Waals surface area contributed by atoms with Gasteiger partial charge in [0.2, 0.25) is 0 Å². The summed E-state index contributed by atoms with van der Waals surface area (Å²) in [6, 6.07) is 15.2. The minimum absolute atomic E-state index is 0.0586. The fourth-order valence-corrected chi connectivity index (χ4v) is 2.38. The summed E-state index contributed by atoms with van der Waals surface area (Å²) in [5, 5.41) is 2.95. The maximum absolute atomic E-state index is 12.1. The normalized spacial score (nSPS) is 10.5. The Kier molecular flexibility index (Phi) is 6.67. The quantitative estimate of drug-likeness (QED) is 0.749. The molecule has 24 heavy (non-hydrogen) atoms. The van der Waals surface area contributed by atoms with E-state index >= 15 is 0 Å². The van der Waals surface area contributed by atoms with E-state index in [9.17, 15) is 4.79 Å². The van der Waals surface area contributed by atoms with Gasteiger partial charge in [0.05, 0.1) is 13.2 Å². The van der Waals surface area contributed by atoms with Gasteiger partial charge in [0.25, 0.3) is 5.91 Å². The van der Waals surface area contributed by atoms with Crippen LogP contribution in [0.2, 0.25) is 0 Å². The number of nitrogens with one attached hydrogen (secondary N) is 1. The van der Waals surface area contributed by atoms with Crippen LogP contribution < -0.4 is 14.8 Å². The predicted molar refractivity (Wildman–Crippen MR) is 95.9 cm³/mol. The van der Waals surface area contributed by atoms with Crippen LogP contribution in [0.3, 0.4) is 0 Å². The molecule has 1 N–H and O–H groups in total. The van der Waals surface area contributed by atoms with Crippen molar-refractivity contribution in [2.75, 3.05) is 13.7 Å². The summed E-state index contributed by atoms with van der Waals surface area (Å²) in [5.74, 6) is 1.58. The second kappa shape index (κ2) is 8.96. The van der Waals surface area contributed by atoms with Crippen molar-refractivity contribution in [1.82, 2.24) is 5.32 Å². The Bertz CT molecular complexity index is 650. The molecular formula is C20H25NO3. The summed E-state index contributed by atoms with van der Waals surface area (Å²) in [4.78, 5) is 12.1. The first-order chi connectivity index (χ1) is 11.6. The molecule has 0 bridgehead atoms. The number of ether oxygens (including phenoxy) is 2. The van der Waals surface area contributed by atoms with Gasteiger partial charge in [0, 0.05) is 12.1 Å². The van der Waals surface area contributed by atoms with Crippen molar-refractivity contribution in [3.05, 3.63) is 59.7 Å². The Hall–Kier alpha value is -2.49. The molecule has 0 aliphatic carbocycles. The summed E-state index contributed by atoms with van der Waals surface area (Å²) in [6.45, 7) is 4.59. The summed E-state index contributed by atoms with van der Waals surface area (Å²) >= 11 is 0. The van der Waals surface area contributed by atoms with E-state index in [1.54, 1.807) is 19.2 Å². The first-order valence-electron chi connectivity index (χ1n) is 8.26. The topological polar surface area (TPSA) is 47.6 Å². The average Bonchev–Trinajstić information content (AvgIpc) is 2.59. The molecular weight excluding hydrogens is 302 g/mol. The van der Waals surface area contributed by atoms with Crippen molar-refractivity contribution >= 4 is 5.91 Å². The summed E-state index contributed by atoms with van der Waals surface area (Å²) in [6.07, 6.45) is 1.91. The van der Waals surface area contributed by atoms with Crippen LogP contribution in [0.4, 0.5) is 0 Å². The lowest BCUT2D eigenvalue weighted by Crippen LogP contribution is -2.24. The molecule has 0 spiro atoms. The zero-order valence-electron chi connectivity index (χ0n) is 14.5. The van der Waals surface area contributed by atoms with Gasteiger partial charge < -0.3 is 14.8 Å². The number of carbonyl (C=O) groups excluding carboxylic acids is 1. The molecule has 128 valence electrons. The van der Waals surface area contributed by atoms with E-state index in [2.05, 4.69) is 11.4 Å². The Morgan fingerprint density at radius 2 is 1.83 bits per heavy atom. The molecule has 2 rings (SSSR count). The van der Waals surface area contributed by atoms with Crippen molar-refractivity contribution < 1.29 is 14.3 Å². The lowest BCUT2D eigenvalue weighted by Gasteiger charge is -2.10. The molecule has 4 nitrogen and oxygen atoms in total. The van der Waals surface area contributed by atoms with E-state index in [0.29, 0.717) is 12.1 Å². The van der Waals surface area contributed by atoms with E-state index in [1.165, 1.54) is 5.56 Å². The molecule has 0 aliphatic rings. The Balaban J connectivity index is 1.76. The maximum Gasteiger partial charge on any atom is 0.251 e. The number of benzene rings is 2. The summed E-state index contributed by atoms with van der Waals surface area (Å²) < 4.78 is 10.8. The van der Waals surface area contributed by atoms with E-state index < -0.39 is 0 Å². The number of methoxy groups -OCH3 is 1. The van der Waals surface area contributed by atoms with Gasteiger partial charge in [-0.15, -0.1) is 0 Å². The fraction of sp³-hybridized carbons (Fsp3) is 0.350. The van der Waals surface area contributed by atoms with Crippen molar-refractivity contribution in [2.45, 2.75) is 32.8 Å². The predicted octanol–water partition coefficient (Wildman–Crippen LogP) is 3.85. The second-order valence-electron chi connectivity index (χ2n) is 5.90. The molecule has 2 aromatic rings. The molecule has 0 radical (unpaired) electrons. The van der Waals surface area contributed by atoms with E-state index in [4.69, 9.17) is 9.47 Å². The smallest absolute Gasteiger partial charge is 0.251 e. The van der Waals surface area contributed by atoms with Crippen LogP contribution in [0, 0.1) is 0 Å². The number of amides is 1. The van der Waals surface area contributed by atoms with Gasteiger partial charge in [-0.05, 0) is 68.7 Å². The van der Waals surface area contributed by atoms with Crippen LogP contribution in [-0.2, 0) is 6.42 Å². The van der Waals surface area contributed by atoms with Crippen LogP contribution in [0.5, 0.6) is 11.5 Å². The minimum atomic E-state index is -0.0586. The standard InChI is InChI=1S/C20H25NO3/c1-15(2)24-18-11-9-17(10-12-18)20(22)21-13-5-7-16-6-4-8-19(14-16)23-3/h4,6,8-12,14-15H,5,7,13H2,1-3H3,(H,21,22). The van der Waals surface area contributed by atoms with E-state index in [0.717, 1.165) is 24.3 Å². The lowest BCUT2D eigenvalue weighted by atomic mass is 10.1. The van der Waals surface area contributed by atoms with Crippen molar-refractivity contribution in [3.63, 3.8) is 0 Å². The van der Waals surface area contributed by atoms with E-state index in [-0.39, 0.29) is 12.0 Å². The van der Waals surface area contributed by atoms with Gasteiger partial charge >= 0.3 is 0 Å². The SMILES string of the molecule is COc1cccc(CCCNC(=O)c2ccc(OC(C)C)cc2)c1. The van der Waals surface area contributed by atoms with Crippen LogP contribution in [-0.4, -0.2) is 25.7 Å². The summed E-state index contributed by atoms with van der Waals surface area (Å²) in [5.41, 5.74) is 1.85. The van der Waals surface area contributed by atoms with Crippen molar-refractivity contribution in [1.29, 1.82) is 0 Å². The first-order valence-corrected chi connectivity index (χ1v) is 8.26. The molecule has 0 aliphatic heterocycles. The van der Waals surface area contributed by atoms with E-state index in [1.807, 2.05) is 44.2 Å². The number of carbonyl (C=O) groups is 1. The molecule has 0 aromatic heterocycles. The second-order valence-corrected chi connectivity index (χ2v) is 5.90. The highest BCUT2D eigenvalue weighted by Gasteiger charge is 2.06. The number of hydrogen-bond acceptors (Lipinski definition) is 3. The minimum Gasteiger partial charge on any atom is -0.497 e. The van der Waals surface area contributed by atoms with Gasteiger partial charge in [-0.2, -0.15) is 0 Å². The number of rotatable bonds is 8. The molecule has 0 saturated heterocycles. The molecule has 0 saturated carbocycles. The van der Waals surface area contributed by atoms with Crippen LogP contribution in [0.15, 0.2) is 48.5 Å². The molecule has 1 amide bonds. The third-order valence-electron chi connectivity index (χ3n) is 3.55. The lowest BCUT2D eigenvalue weighted by molar-refractivity contribution is 0.0953. The first kappa shape index (κ1) is 17.9. The Morgan fingerprint density at radius 1 is 1.08 bits per heavy atom. The van der Waals surface area contributed by atoms with Crippen LogP contribution >= 0.6 is 0 Å². The zero-order chi connectivity index (χ0) is 17.4. The number of hydrogen-bond donors (Lipinski definition) is 1. The maximum atomic E-state index is 12.1. The van der Waals surface area contributed by atoms with Gasteiger partial charge in [-0.25, -0.2) is 0 Å². The highest BCUT2D eigenvalue weighted by Crippen LogP contribution is 2.15. The molecule has 0 unspecified atom stereocenters. The van der Waals surface area contributed by atoms with Gasteiger partial charge in [0.1, 0.15) is 11.5 Å². The Morgan fingerprint density at radius 3 is 2.50 bits per heavy atom. The van der Waals surface area contributed by atoms with Gasteiger partial charge in [-0.3, -0.25) is 4.79 Å². The molecule has 0 heterocycles. The fourth-order valence-electron chi connectivity index (χ4n) is 2.38. The summed E-state index contributed by atoms with van der Waals surface area (Å²) in [7, 11) is 1.66. The molecule has 4 heteroatoms. The van der Waals surface area contributed by atoms with Crippen molar-refractivity contribution in [2.24, 2.45) is 0 Å². The van der Waals surface area contributed by atoms with Gasteiger partial charge in [0.15, 0.2) is 0 Å². The van der Waals surface area contributed by atoms with Crippen LogP contribution in [0.25, 0.3) is 0 Å². The Labute approximate surface area is 143 Å². The average molecular weight is 327 g/mol. The molecule has 2 aromatic carbocycles. The number of aryl methyl sites for hydroxylation is 1. The monoisotopic (exact) mass is 327 g/mol. The van der Waals surface area contributed by atoms with Crippen molar-refractivity contribution in [3.8, 4) is 11.5 Å². The zero-order valence-corrected chi connectivity index (χ0v) is 14.5. The largest absolute Gasteiger partial charge is 0.497 e.